The van der Waals surface area contributed by atoms with Crippen molar-refractivity contribution in [3.05, 3.63) is 53.3 Å². The van der Waals surface area contributed by atoms with E-state index in [-0.39, 0.29) is 6.10 Å². The number of nitrogens with one attached hydrogen (secondary N) is 1. The molecular weight excluding hydrogens is 326 g/mol. The molecule has 0 amide bonds. The first-order valence-corrected chi connectivity index (χ1v) is 9.51. The molecule has 132 valence electrons. The first-order valence-electron chi connectivity index (χ1n) is 9.51. The minimum absolute atomic E-state index is 0.00901. The van der Waals surface area contributed by atoms with Gasteiger partial charge in [-0.1, -0.05) is 24.3 Å². The van der Waals surface area contributed by atoms with Crippen LogP contribution < -0.4 is 5.32 Å². The van der Waals surface area contributed by atoms with Crippen LogP contribution in [0.3, 0.4) is 0 Å². The van der Waals surface area contributed by atoms with Gasteiger partial charge in [-0.2, -0.15) is 4.52 Å². The van der Waals surface area contributed by atoms with Crippen LogP contribution in [0.25, 0.3) is 5.65 Å². The van der Waals surface area contributed by atoms with E-state index in [1.165, 1.54) is 30.4 Å². The van der Waals surface area contributed by atoms with Gasteiger partial charge in [0.2, 0.25) is 0 Å². The smallest absolute Gasteiger partial charge is 0.183 e. The Balaban J connectivity index is 1.37. The summed E-state index contributed by atoms with van der Waals surface area (Å²) in [6.45, 7) is 0.791. The van der Waals surface area contributed by atoms with Crippen molar-refractivity contribution in [1.82, 2.24) is 19.8 Å². The minimum atomic E-state index is 0.00901. The average Bonchev–Trinajstić information content (AvgIpc) is 3.03. The lowest BCUT2D eigenvalue weighted by atomic mass is 9.97. The van der Waals surface area contributed by atoms with Gasteiger partial charge >= 0.3 is 0 Å². The molecule has 2 fully saturated rings. The molecule has 1 saturated carbocycles. The summed E-state index contributed by atoms with van der Waals surface area (Å²) in [5.41, 5.74) is 4.06. The highest BCUT2D eigenvalue weighted by molar-refractivity contribution is 5.50. The molecular formula is C20H21N5O. The number of anilines is 1. The number of nitrogens with zero attached hydrogens (tertiary/aromatic N) is 4. The lowest BCUT2D eigenvalue weighted by molar-refractivity contribution is 0.103. The van der Waals surface area contributed by atoms with Crippen LogP contribution in [0.15, 0.2) is 36.4 Å². The fourth-order valence-electron chi connectivity index (χ4n) is 4.66. The Bertz CT molecular complexity index is 987. The van der Waals surface area contributed by atoms with Gasteiger partial charge in [-0.3, -0.25) is 0 Å². The molecule has 3 aliphatic rings. The second-order valence-corrected chi connectivity index (χ2v) is 7.86. The standard InChI is InChI=1S/C20H21N5O/c1-2-5-14-13(4-1)12-20(9-10-20)18(14)21-16-7-8-17-22-23-19(25(17)24-16)15-6-3-11-26-15/h1-2,4-5,7-8,15,18H,3,6,9-12H2,(H,21,24). The normalized spacial score (nSPS) is 25.7. The van der Waals surface area contributed by atoms with E-state index in [9.17, 15) is 0 Å². The number of ether oxygens (including phenoxy) is 1. The highest BCUT2D eigenvalue weighted by Gasteiger charge is 2.54. The zero-order valence-electron chi connectivity index (χ0n) is 14.6. The van der Waals surface area contributed by atoms with E-state index in [1.807, 2.05) is 16.6 Å². The number of benzene rings is 1. The maximum atomic E-state index is 5.78. The fraction of sp³-hybridized carbons (Fsp3) is 0.450. The molecule has 2 atom stereocenters. The molecule has 26 heavy (non-hydrogen) atoms. The SMILES string of the molecule is c1ccc2c(c1)CC1(CC1)C2Nc1ccc2nnc(C3CCCO3)n2n1. The van der Waals surface area contributed by atoms with Gasteiger partial charge in [0.15, 0.2) is 11.5 Å². The summed E-state index contributed by atoms with van der Waals surface area (Å²) < 4.78 is 7.63. The van der Waals surface area contributed by atoms with Gasteiger partial charge < -0.3 is 10.1 Å². The Morgan fingerprint density at radius 1 is 1.12 bits per heavy atom. The van der Waals surface area contributed by atoms with Gasteiger partial charge in [-0.05, 0) is 60.8 Å². The molecule has 1 aromatic carbocycles. The third-order valence-corrected chi connectivity index (χ3v) is 6.21. The second kappa shape index (κ2) is 5.27. The molecule has 1 aliphatic heterocycles. The summed E-state index contributed by atoms with van der Waals surface area (Å²) >= 11 is 0. The topological polar surface area (TPSA) is 64.3 Å². The predicted octanol–water partition coefficient (Wildman–Crippen LogP) is 3.47. The van der Waals surface area contributed by atoms with Gasteiger partial charge in [0.1, 0.15) is 11.9 Å². The van der Waals surface area contributed by atoms with Crippen LogP contribution in [0.5, 0.6) is 0 Å². The number of hydrogen-bond donors (Lipinski definition) is 1. The fourth-order valence-corrected chi connectivity index (χ4v) is 4.66. The summed E-state index contributed by atoms with van der Waals surface area (Å²) in [5.74, 6) is 1.69. The molecule has 2 aromatic heterocycles. The van der Waals surface area contributed by atoms with Gasteiger partial charge in [0.25, 0.3) is 0 Å². The van der Waals surface area contributed by atoms with E-state index in [2.05, 4.69) is 39.8 Å². The highest BCUT2D eigenvalue weighted by atomic mass is 16.5. The zero-order chi connectivity index (χ0) is 17.1. The largest absolute Gasteiger partial charge is 0.370 e. The molecule has 0 radical (unpaired) electrons. The molecule has 3 heterocycles. The molecule has 0 bridgehead atoms. The molecule has 6 heteroatoms. The maximum absolute atomic E-state index is 5.78. The quantitative estimate of drug-likeness (QED) is 0.786. The van der Waals surface area contributed by atoms with Crippen molar-refractivity contribution in [3.63, 3.8) is 0 Å². The Morgan fingerprint density at radius 2 is 2.04 bits per heavy atom. The van der Waals surface area contributed by atoms with E-state index >= 15 is 0 Å². The van der Waals surface area contributed by atoms with Crippen LogP contribution in [-0.4, -0.2) is 26.4 Å². The lowest BCUT2D eigenvalue weighted by Crippen LogP contribution is -2.19. The predicted molar refractivity (Wildman–Crippen MR) is 96.9 cm³/mol. The molecule has 1 saturated heterocycles. The first kappa shape index (κ1) is 14.7. The van der Waals surface area contributed by atoms with Gasteiger partial charge in [0.05, 0.1) is 6.04 Å². The molecule has 6 nitrogen and oxygen atoms in total. The van der Waals surface area contributed by atoms with Gasteiger partial charge in [0, 0.05) is 6.61 Å². The zero-order valence-corrected chi connectivity index (χ0v) is 14.6. The van der Waals surface area contributed by atoms with E-state index in [0.29, 0.717) is 11.5 Å². The second-order valence-electron chi connectivity index (χ2n) is 7.86. The Kier molecular flexibility index (Phi) is 2.97. The van der Waals surface area contributed by atoms with E-state index < -0.39 is 0 Å². The van der Waals surface area contributed by atoms with Gasteiger partial charge in [-0.25, -0.2) is 0 Å². The van der Waals surface area contributed by atoms with Crippen LogP contribution >= 0.6 is 0 Å². The summed E-state index contributed by atoms with van der Waals surface area (Å²) in [4.78, 5) is 0. The van der Waals surface area contributed by atoms with Crippen LogP contribution in [0.1, 0.15) is 54.8 Å². The Morgan fingerprint density at radius 3 is 2.88 bits per heavy atom. The first-order chi connectivity index (χ1) is 12.8. The summed E-state index contributed by atoms with van der Waals surface area (Å²) in [5, 5.41) is 17.1. The molecule has 6 rings (SSSR count). The van der Waals surface area contributed by atoms with Crippen molar-refractivity contribution in [1.29, 1.82) is 0 Å². The van der Waals surface area contributed by atoms with Crippen LogP contribution in [-0.2, 0) is 11.2 Å². The monoisotopic (exact) mass is 347 g/mol. The Hall–Kier alpha value is -2.47. The minimum Gasteiger partial charge on any atom is -0.370 e. The number of fused-ring (bicyclic) bond motifs is 2. The summed E-state index contributed by atoms with van der Waals surface area (Å²) in [6, 6.07) is 13.2. The van der Waals surface area contributed by atoms with Crippen molar-refractivity contribution in [2.24, 2.45) is 5.41 Å². The van der Waals surface area contributed by atoms with Crippen molar-refractivity contribution in [2.45, 2.75) is 44.2 Å². The number of hydrogen-bond acceptors (Lipinski definition) is 5. The van der Waals surface area contributed by atoms with Crippen molar-refractivity contribution in [2.75, 3.05) is 11.9 Å². The lowest BCUT2D eigenvalue weighted by Gasteiger charge is -2.22. The third-order valence-electron chi connectivity index (χ3n) is 6.21. The summed E-state index contributed by atoms with van der Waals surface area (Å²) in [7, 11) is 0. The Labute approximate surface area is 151 Å². The average molecular weight is 347 g/mol. The number of aromatic nitrogens is 4. The van der Waals surface area contributed by atoms with E-state index in [0.717, 1.165) is 36.7 Å². The van der Waals surface area contributed by atoms with Crippen molar-refractivity contribution >= 4 is 11.5 Å². The van der Waals surface area contributed by atoms with E-state index in [4.69, 9.17) is 9.84 Å². The summed E-state index contributed by atoms with van der Waals surface area (Å²) in [6.07, 6.45) is 5.81. The molecule has 1 N–H and O–H groups in total. The van der Waals surface area contributed by atoms with E-state index in [1.54, 1.807) is 0 Å². The number of rotatable bonds is 3. The van der Waals surface area contributed by atoms with Crippen molar-refractivity contribution in [3.8, 4) is 0 Å². The highest BCUT2D eigenvalue weighted by Crippen LogP contribution is 2.62. The van der Waals surface area contributed by atoms with Crippen LogP contribution in [0.2, 0.25) is 0 Å². The molecule has 3 aromatic rings. The maximum Gasteiger partial charge on any atom is 0.183 e. The van der Waals surface area contributed by atoms with Crippen LogP contribution in [0.4, 0.5) is 5.82 Å². The van der Waals surface area contributed by atoms with Gasteiger partial charge in [-0.15, -0.1) is 15.3 Å². The van der Waals surface area contributed by atoms with Crippen LogP contribution in [0, 0.1) is 5.41 Å². The third kappa shape index (κ3) is 2.11. The van der Waals surface area contributed by atoms with Crippen molar-refractivity contribution < 1.29 is 4.74 Å². The molecule has 1 spiro atoms. The molecule has 2 aliphatic carbocycles. The molecule has 2 unspecified atom stereocenters.